The van der Waals surface area contributed by atoms with Crippen molar-refractivity contribution < 1.29 is 8.76 Å². The Kier molecular flexibility index (Phi) is 2.99. The van der Waals surface area contributed by atoms with Crippen LogP contribution in [0.3, 0.4) is 0 Å². The molecule has 0 aromatic rings. The van der Waals surface area contributed by atoms with Crippen molar-refractivity contribution in [3.05, 3.63) is 0 Å². The molecule has 1 saturated heterocycles. The van der Waals surface area contributed by atoms with E-state index in [2.05, 4.69) is 10.7 Å². The zero-order chi connectivity index (χ0) is 9.19. The second-order valence-electron chi connectivity index (χ2n) is 2.75. The summed E-state index contributed by atoms with van der Waals surface area (Å²) in [6.07, 6.45) is 0.664. The third-order valence-corrected chi connectivity index (χ3v) is 3.75. The van der Waals surface area contributed by atoms with Crippen LogP contribution in [0, 0.1) is 0 Å². The van der Waals surface area contributed by atoms with Gasteiger partial charge in [0.05, 0.1) is 6.04 Å². The van der Waals surface area contributed by atoms with Crippen LogP contribution in [0.15, 0.2) is 0 Å². The highest BCUT2D eigenvalue weighted by atomic mass is 32.3. The molecule has 0 aliphatic carbocycles. The lowest BCUT2D eigenvalue weighted by Gasteiger charge is -2.09. The molecule has 0 saturated carbocycles. The predicted molar refractivity (Wildman–Crippen MR) is 51.9 cm³/mol. The van der Waals surface area contributed by atoms with E-state index in [0.29, 0.717) is 17.3 Å². The van der Waals surface area contributed by atoms with Crippen molar-refractivity contribution in [2.24, 2.45) is 5.84 Å². The molecule has 12 heavy (non-hydrogen) atoms. The molecule has 0 bridgehead atoms. The van der Waals surface area contributed by atoms with Crippen molar-refractivity contribution in [3.8, 4) is 0 Å². The minimum atomic E-state index is -2.59. The van der Waals surface area contributed by atoms with E-state index in [0.717, 1.165) is 0 Å². The first kappa shape index (κ1) is 9.85. The van der Waals surface area contributed by atoms with Crippen LogP contribution >= 0.6 is 12.2 Å². The Balaban J connectivity index is 2.38. The van der Waals surface area contributed by atoms with E-state index >= 15 is 0 Å². The van der Waals surface area contributed by atoms with E-state index in [9.17, 15) is 4.21 Å². The Morgan fingerprint density at radius 3 is 2.83 bits per heavy atom. The molecule has 0 aromatic carbocycles. The fourth-order valence-electron chi connectivity index (χ4n) is 1.15. The summed E-state index contributed by atoms with van der Waals surface area (Å²) >= 11 is 4.75. The molecule has 1 aliphatic heterocycles. The summed E-state index contributed by atoms with van der Waals surface area (Å²) in [6.45, 7) is 0. The summed E-state index contributed by atoms with van der Waals surface area (Å²) in [6, 6.07) is -0.0222. The van der Waals surface area contributed by atoms with Crippen molar-refractivity contribution in [1.29, 1.82) is 0 Å². The first-order chi connectivity index (χ1) is 5.53. The van der Waals surface area contributed by atoms with Gasteiger partial charge >= 0.3 is 0 Å². The molecule has 1 rings (SSSR count). The molecule has 7 heteroatoms. The van der Waals surface area contributed by atoms with Crippen molar-refractivity contribution >= 4 is 27.5 Å². The smallest absolute Gasteiger partial charge is 0.216 e. The highest BCUT2D eigenvalue weighted by Gasteiger charge is 2.38. The summed E-state index contributed by atoms with van der Waals surface area (Å²) in [5, 5.41) is 3.16. The lowest BCUT2D eigenvalue weighted by atomic mass is 10.3. The topological polar surface area (TPSA) is 87.4 Å². The highest BCUT2D eigenvalue weighted by Crippen LogP contribution is 2.16. The molecule has 0 amide bonds. The van der Waals surface area contributed by atoms with E-state index in [1.165, 1.54) is 0 Å². The summed E-state index contributed by atoms with van der Waals surface area (Å²) in [5.74, 6) is 5.63. The largest absolute Gasteiger partial charge is 0.354 e. The maximum absolute atomic E-state index is 11.1. The summed E-state index contributed by atoms with van der Waals surface area (Å²) in [5.41, 5.74) is 2.27. The Morgan fingerprint density at radius 1 is 1.75 bits per heavy atom. The average molecular weight is 210 g/mol. The number of hydrogen-bond donors (Lipinski definition) is 4. The Morgan fingerprint density at radius 2 is 2.42 bits per heavy atom. The highest BCUT2D eigenvalue weighted by molar-refractivity contribution is 7.98. The van der Waals surface area contributed by atoms with Crippen LogP contribution in [0.4, 0.5) is 0 Å². The fourth-order valence-corrected chi connectivity index (χ4v) is 3.01. The SMILES string of the molecule is NNC(=S)N[C@@H]1CC[S+](=O)(O)C1. The van der Waals surface area contributed by atoms with Gasteiger partial charge in [0.1, 0.15) is 5.75 Å². The van der Waals surface area contributed by atoms with E-state index in [4.69, 9.17) is 22.6 Å². The summed E-state index contributed by atoms with van der Waals surface area (Å²) in [4.78, 5) is 0. The van der Waals surface area contributed by atoms with Crippen LogP contribution in [-0.4, -0.2) is 27.2 Å². The maximum Gasteiger partial charge on any atom is 0.216 e. The van der Waals surface area contributed by atoms with Crippen molar-refractivity contribution in [2.75, 3.05) is 11.5 Å². The van der Waals surface area contributed by atoms with Crippen LogP contribution in [0.5, 0.6) is 0 Å². The van der Waals surface area contributed by atoms with Gasteiger partial charge in [-0.1, -0.05) is 4.21 Å². The molecular formula is C5H12N3O2S2+. The lowest BCUT2D eigenvalue weighted by Crippen LogP contribution is -2.45. The molecule has 5 N–H and O–H groups in total. The van der Waals surface area contributed by atoms with Crippen LogP contribution < -0.4 is 16.6 Å². The molecule has 70 valence electrons. The third-order valence-electron chi connectivity index (χ3n) is 1.71. The zero-order valence-corrected chi connectivity index (χ0v) is 8.08. The van der Waals surface area contributed by atoms with E-state index in [1.807, 2.05) is 0 Å². The molecule has 1 aliphatic rings. The number of hydrazine groups is 1. The van der Waals surface area contributed by atoms with Gasteiger partial charge in [0.25, 0.3) is 0 Å². The molecule has 1 fully saturated rings. The Bertz CT molecular complexity index is 233. The number of rotatable bonds is 1. The molecular weight excluding hydrogens is 198 g/mol. The monoisotopic (exact) mass is 210 g/mol. The van der Waals surface area contributed by atoms with E-state index in [-0.39, 0.29) is 11.8 Å². The van der Waals surface area contributed by atoms with Crippen molar-refractivity contribution in [3.63, 3.8) is 0 Å². The van der Waals surface area contributed by atoms with Crippen LogP contribution in [-0.2, 0) is 14.4 Å². The molecule has 1 unspecified atom stereocenters. The first-order valence-corrected chi connectivity index (χ1v) is 5.79. The second kappa shape index (κ2) is 3.65. The van der Waals surface area contributed by atoms with E-state index in [1.54, 1.807) is 0 Å². The molecule has 0 aromatic heterocycles. The molecule has 0 radical (unpaired) electrons. The first-order valence-electron chi connectivity index (χ1n) is 3.52. The normalized spacial score (nSPS) is 34.7. The van der Waals surface area contributed by atoms with Gasteiger partial charge in [-0.2, -0.15) is 4.55 Å². The number of hydrogen-bond acceptors (Lipinski definition) is 3. The minimum absolute atomic E-state index is 0.0222. The number of nitrogens with two attached hydrogens (primary N) is 1. The van der Waals surface area contributed by atoms with Gasteiger partial charge in [-0.05, 0) is 12.2 Å². The summed E-state index contributed by atoms with van der Waals surface area (Å²) < 4.78 is 20.2. The molecule has 1 heterocycles. The molecule has 5 nitrogen and oxygen atoms in total. The van der Waals surface area contributed by atoms with Gasteiger partial charge in [0, 0.05) is 6.42 Å². The molecule has 0 spiro atoms. The number of nitrogens with one attached hydrogen (secondary N) is 2. The zero-order valence-electron chi connectivity index (χ0n) is 6.45. The quantitative estimate of drug-likeness (QED) is 0.194. The van der Waals surface area contributed by atoms with E-state index < -0.39 is 10.2 Å². The summed E-state index contributed by atoms with van der Waals surface area (Å²) in [7, 11) is -2.59. The van der Waals surface area contributed by atoms with Crippen LogP contribution in [0.25, 0.3) is 0 Å². The fraction of sp³-hybridized carbons (Fsp3) is 0.800. The third kappa shape index (κ3) is 2.67. The van der Waals surface area contributed by atoms with Crippen LogP contribution in [0.2, 0.25) is 0 Å². The standard InChI is InChI=1S/C5H11N3O2S2/c6-8-5(11)7-4-1-2-12(9,10)3-4/h4H,1-3,6H2,(H2-,7,8,9,10,11)/p+1/t4-/m1/s1. The number of thiocarbonyl (C=S) groups is 1. The van der Waals surface area contributed by atoms with Gasteiger partial charge in [0.2, 0.25) is 10.2 Å². The maximum atomic E-state index is 11.1. The van der Waals surface area contributed by atoms with Gasteiger partial charge in [-0.25, -0.2) is 5.84 Å². The minimum Gasteiger partial charge on any atom is -0.354 e. The lowest BCUT2D eigenvalue weighted by molar-refractivity contribution is 0.502. The van der Waals surface area contributed by atoms with Crippen molar-refractivity contribution in [2.45, 2.75) is 12.5 Å². The Hall–Kier alpha value is -0.240. The average Bonchev–Trinajstić information content (AvgIpc) is 2.30. The van der Waals surface area contributed by atoms with Gasteiger partial charge in [0.15, 0.2) is 10.9 Å². The Labute approximate surface area is 77.3 Å². The van der Waals surface area contributed by atoms with Gasteiger partial charge < -0.3 is 10.7 Å². The van der Waals surface area contributed by atoms with Crippen LogP contribution in [0.1, 0.15) is 6.42 Å². The van der Waals surface area contributed by atoms with Gasteiger partial charge in [-0.15, -0.1) is 0 Å². The van der Waals surface area contributed by atoms with Gasteiger partial charge in [-0.3, -0.25) is 0 Å². The molecule has 2 atom stereocenters. The predicted octanol–water partition coefficient (Wildman–Crippen LogP) is -0.931. The van der Waals surface area contributed by atoms with Crippen molar-refractivity contribution in [1.82, 2.24) is 10.7 Å². The second-order valence-corrected chi connectivity index (χ2v) is 5.44.